The summed E-state index contributed by atoms with van der Waals surface area (Å²) in [5, 5.41) is 20.3. The minimum absolute atomic E-state index is 0.0387. The van der Waals surface area contributed by atoms with E-state index in [1.807, 2.05) is 12.1 Å². The number of ether oxygens (including phenoxy) is 2. The van der Waals surface area contributed by atoms with Crippen molar-refractivity contribution in [1.29, 1.82) is 0 Å². The van der Waals surface area contributed by atoms with Crippen LogP contribution in [-0.2, 0) is 22.4 Å². The van der Waals surface area contributed by atoms with Crippen molar-refractivity contribution in [3.63, 3.8) is 0 Å². The van der Waals surface area contributed by atoms with Gasteiger partial charge in [0.25, 0.3) is 0 Å². The van der Waals surface area contributed by atoms with Crippen LogP contribution in [-0.4, -0.2) is 60.5 Å². The Bertz CT molecular complexity index is 1180. The van der Waals surface area contributed by atoms with Crippen LogP contribution in [0.5, 0.6) is 5.75 Å². The lowest BCUT2D eigenvalue weighted by molar-refractivity contribution is -0.142. The van der Waals surface area contributed by atoms with Gasteiger partial charge in [0.2, 0.25) is 5.95 Å². The van der Waals surface area contributed by atoms with Crippen molar-refractivity contribution < 1.29 is 19.4 Å². The van der Waals surface area contributed by atoms with E-state index in [0.29, 0.717) is 29.4 Å². The Morgan fingerprint density at radius 2 is 2.00 bits per heavy atom. The molecule has 3 aliphatic carbocycles. The maximum absolute atomic E-state index is 11.9. The van der Waals surface area contributed by atoms with E-state index < -0.39 is 11.9 Å². The molecule has 3 aliphatic rings. The van der Waals surface area contributed by atoms with E-state index in [4.69, 9.17) is 21.1 Å². The van der Waals surface area contributed by atoms with Gasteiger partial charge in [-0.1, -0.05) is 29.8 Å². The number of benzene rings is 1. The molecule has 5 rings (SSSR count). The molecule has 2 bridgehead atoms. The van der Waals surface area contributed by atoms with Gasteiger partial charge >= 0.3 is 5.97 Å². The van der Waals surface area contributed by atoms with Gasteiger partial charge in [-0.15, -0.1) is 0 Å². The van der Waals surface area contributed by atoms with Crippen LogP contribution in [0.3, 0.4) is 0 Å². The number of aryl methyl sites for hydroxylation is 1. The first-order valence-corrected chi connectivity index (χ1v) is 13.2. The lowest BCUT2D eigenvalue weighted by Crippen LogP contribution is -2.38. The monoisotopic (exact) mass is 527 g/mol. The molecular weight excluding hydrogens is 494 g/mol. The molecule has 5 atom stereocenters. The number of nitrogens with zero attached hydrogens (tertiary/aromatic N) is 2. The number of aromatic nitrogens is 2. The molecule has 4 N–H and O–H groups in total. The summed E-state index contributed by atoms with van der Waals surface area (Å²) in [6.45, 7) is 1.55. The molecule has 9 nitrogen and oxygen atoms in total. The molecule has 10 heteroatoms. The number of aliphatic carboxylic acids is 1. The second-order valence-electron chi connectivity index (χ2n) is 10.0. The Labute approximate surface area is 222 Å². The first kappa shape index (κ1) is 25.8. The van der Waals surface area contributed by atoms with Gasteiger partial charge in [0.1, 0.15) is 10.8 Å². The van der Waals surface area contributed by atoms with Gasteiger partial charge in [-0.25, -0.2) is 4.98 Å². The molecule has 1 aromatic heterocycles. The van der Waals surface area contributed by atoms with Gasteiger partial charge in [-0.05, 0) is 61.1 Å². The molecule has 0 spiro atoms. The zero-order chi connectivity index (χ0) is 25.9. The van der Waals surface area contributed by atoms with Gasteiger partial charge in [0.05, 0.1) is 31.5 Å². The molecular formula is C27H34ClN5O4. The van der Waals surface area contributed by atoms with E-state index in [2.05, 4.69) is 38.1 Å². The molecule has 0 aliphatic heterocycles. The molecule has 1 unspecified atom stereocenters. The van der Waals surface area contributed by atoms with Gasteiger partial charge < -0.3 is 30.5 Å². The Kier molecular flexibility index (Phi) is 7.83. The quantitative estimate of drug-likeness (QED) is 0.206. The summed E-state index contributed by atoms with van der Waals surface area (Å²) in [6, 6.07) is 4.32. The third kappa shape index (κ3) is 5.39. The zero-order valence-corrected chi connectivity index (χ0v) is 21.9. The van der Waals surface area contributed by atoms with Crippen molar-refractivity contribution in [3.05, 3.63) is 46.6 Å². The van der Waals surface area contributed by atoms with E-state index in [-0.39, 0.29) is 17.9 Å². The number of carboxylic acid groups (broad SMARTS) is 1. The predicted octanol–water partition coefficient (Wildman–Crippen LogP) is 4.05. The SMILES string of the molecule is COCCNC1CCc2ccc(Nc3ncc(Cl)c(N[C@H]4[C@@H](C(=O)O)[C@@H]5C=C[C@H]4C5)n3)c(OC)c2CC1. The fraction of sp³-hybridized carbons (Fsp3) is 0.519. The van der Waals surface area contributed by atoms with Crippen molar-refractivity contribution in [2.45, 2.75) is 44.2 Å². The number of rotatable bonds is 10. The zero-order valence-electron chi connectivity index (χ0n) is 21.2. The third-order valence-corrected chi connectivity index (χ3v) is 8.12. The highest BCUT2D eigenvalue weighted by atomic mass is 35.5. The van der Waals surface area contributed by atoms with Crippen LogP contribution < -0.4 is 20.7 Å². The van der Waals surface area contributed by atoms with E-state index >= 15 is 0 Å². The number of methoxy groups -OCH3 is 2. The molecule has 1 saturated carbocycles. The Morgan fingerprint density at radius 1 is 1.19 bits per heavy atom. The number of carbonyl (C=O) groups is 1. The predicted molar refractivity (Wildman–Crippen MR) is 143 cm³/mol. The van der Waals surface area contributed by atoms with Crippen molar-refractivity contribution in [2.24, 2.45) is 17.8 Å². The molecule has 0 radical (unpaired) electrons. The maximum atomic E-state index is 11.9. The molecule has 37 heavy (non-hydrogen) atoms. The van der Waals surface area contributed by atoms with Gasteiger partial charge in [-0.3, -0.25) is 4.79 Å². The number of carboxylic acids is 1. The minimum atomic E-state index is -0.802. The second-order valence-corrected chi connectivity index (χ2v) is 10.4. The largest absolute Gasteiger partial charge is 0.494 e. The lowest BCUT2D eigenvalue weighted by atomic mass is 9.89. The smallest absolute Gasteiger partial charge is 0.309 e. The molecule has 2 aromatic rings. The first-order chi connectivity index (χ1) is 18.0. The van der Waals surface area contributed by atoms with Gasteiger partial charge in [-0.2, -0.15) is 4.98 Å². The standard InChI is InChI=1S/C27H34ClN5O4/c1-36-12-11-29-18-7-5-15-6-10-21(24(37-2)19(15)9-8-18)31-27-30-14-20(28)25(33-27)32-23-17-4-3-16(13-17)22(23)26(34)35/h3-4,6,10,14,16-18,22-23,29H,5,7-9,11-13H2,1-2H3,(H,34,35)(H2,30,31,32,33)/t16-,17+,18?,22+,23-/m1/s1. The van der Waals surface area contributed by atoms with E-state index in [1.165, 1.54) is 17.3 Å². The highest BCUT2D eigenvalue weighted by Crippen LogP contribution is 2.45. The fourth-order valence-corrected chi connectivity index (χ4v) is 6.18. The first-order valence-electron chi connectivity index (χ1n) is 12.9. The molecule has 0 saturated heterocycles. The van der Waals surface area contributed by atoms with E-state index in [1.54, 1.807) is 14.2 Å². The van der Waals surface area contributed by atoms with Crippen LogP contribution >= 0.6 is 11.6 Å². The summed E-state index contributed by atoms with van der Waals surface area (Å²) in [5.74, 6) is 0.465. The summed E-state index contributed by atoms with van der Waals surface area (Å²) >= 11 is 6.42. The average molecular weight is 528 g/mol. The van der Waals surface area contributed by atoms with Crippen molar-refractivity contribution in [2.75, 3.05) is 38.0 Å². The number of nitrogens with one attached hydrogen (secondary N) is 3. The average Bonchev–Trinajstić information content (AvgIpc) is 3.43. The Morgan fingerprint density at radius 3 is 2.78 bits per heavy atom. The van der Waals surface area contributed by atoms with Gasteiger partial charge in [0.15, 0.2) is 5.82 Å². The van der Waals surface area contributed by atoms with Crippen molar-refractivity contribution in [3.8, 4) is 5.75 Å². The number of halogens is 1. The molecule has 0 amide bonds. The van der Waals surface area contributed by atoms with Crippen LogP contribution in [0.15, 0.2) is 30.5 Å². The highest BCUT2D eigenvalue weighted by Gasteiger charge is 2.48. The van der Waals surface area contributed by atoms with Crippen LogP contribution in [0, 0.1) is 17.8 Å². The maximum Gasteiger partial charge on any atom is 0.309 e. The van der Waals surface area contributed by atoms with Crippen LogP contribution in [0.2, 0.25) is 5.02 Å². The summed E-state index contributed by atoms with van der Waals surface area (Å²) in [6.07, 6.45) is 10.4. The Hall–Kier alpha value is -2.88. The number of fused-ring (bicyclic) bond motifs is 3. The fourth-order valence-electron chi connectivity index (χ4n) is 6.03. The number of hydrogen-bond acceptors (Lipinski definition) is 8. The normalized spacial score (nSPS) is 26.0. The second kappa shape index (κ2) is 11.2. The summed E-state index contributed by atoms with van der Waals surface area (Å²) in [4.78, 5) is 20.9. The summed E-state index contributed by atoms with van der Waals surface area (Å²) in [5.41, 5.74) is 3.28. The topological polar surface area (TPSA) is 118 Å². The summed E-state index contributed by atoms with van der Waals surface area (Å²) < 4.78 is 11.0. The molecule has 1 aromatic carbocycles. The van der Waals surface area contributed by atoms with Gasteiger partial charge in [0, 0.05) is 25.7 Å². The molecule has 198 valence electrons. The lowest BCUT2D eigenvalue weighted by Gasteiger charge is -2.26. The van der Waals surface area contributed by atoms with Crippen molar-refractivity contribution >= 4 is 35.0 Å². The molecule has 1 fully saturated rings. The van der Waals surface area contributed by atoms with E-state index in [0.717, 1.165) is 50.1 Å². The number of allylic oxidation sites excluding steroid dienone is 1. The number of hydrogen-bond donors (Lipinski definition) is 4. The summed E-state index contributed by atoms with van der Waals surface area (Å²) in [7, 11) is 3.40. The Balaban J connectivity index is 1.33. The molecule has 1 heterocycles. The number of anilines is 3. The minimum Gasteiger partial charge on any atom is -0.494 e. The van der Waals surface area contributed by atoms with Crippen LogP contribution in [0.1, 0.15) is 30.4 Å². The highest BCUT2D eigenvalue weighted by molar-refractivity contribution is 6.32. The van der Waals surface area contributed by atoms with Crippen LogP contribution in [0.25, 0.3) is 0 Å². The van der Waals surface area contributed by atoms with Crippen molar-refractivity contribution in [1.82, 2.24) is 15.3 Å². The van der Waals surface area contributed by atoms with E-state index in [9.17, 15) is 9.90 Å². The van der Waals surface area contributed by atoms with Crippen LogP contribution in [0.4, 0.5) is 17.5 Å². The third-order valence-electron chi connectivity index (χ3n) is 7.84.